The van der Waals surface area contributed by atoms with E-state index in [1.807, 2.05) is 0 Å². The first-order valence-electron chi connectivity index (χ1n) is 7.96. The molecule has 122 valence electrons. The molecule has 6 nitrogen and oxygen atoms in total. The Bertz CT molecular complexity index is 647. The molecule has 3 rings (SSSR count). The molecule has 0 spiro atoms. The summed E-state index contributed by atoms with van der Waals surface area (Å²) in [6.45, 7) is 0. The average Bonchev–Trinajstić information content (AvgIpc) is 3.05. The van der Waals surface area contributed by atoms with Gasteiger partial charge in [0.05, 0.1) is 12.1 Å². The summed E-state index contributed by atoms with van der Waals surface area (Å²) in [7, 11) is 0. The SMILES string of the molecule is O=C(N[C@H]1CCCCCC[C@@H]1O)c1csc(-c2ncccn2)n1. The van der Waals surface area contributed by atoms with Gasteiger partial charge in [-0.05, 0) is 18.9 Å². The normalized spacial score (nSPS) is 22.1. The summed E-state index contributed by atoms with van der Waals surface area (Å²) in [5.41, 5.74) is 0.353. The molecule has 2 N–H and O–H groups in total. The summed E-state index contributed by atoms with van der Waals surface area (Å²) in [5.74, 6) is 0.274. The highest BCUT2D eigenvalue weighted by molar-refractivity contribution is 7.13. The monoisotopic (exact) mass is 332 g/mol. The molecule has 2 atom stereocenters. The third kappa shape index (κ3) is 4.11. The number of nitrogens with one attached hydrogen (secondary N) is 1. The molecule has 1 fully saturated rings. The van der Waals surface area contributed by atoms with E-state index in [2.05, 4.69) is 20.3 Å². The van der Waals surface area contributed by atoms with Crippen molar-refractivity contribution in [3.8, 4) is 10.8 Å². The van der Waals surface area contributed by atoms with Crippen LogP contribution in [0, 0.1) is 0 Å². The van der Waals surface area contributed by atoms with Crippen LogP contribution in [-0.4, -0.2) is 38.1 Å². The molecule has 2 aromatic heterocycles. The minimum atomic E-state index is -0.477. The van der Waals surface area contributed by atoms with Crippen LogP contribution in [0.25, 0.3) is 10.8 Å². The first kappa shape index (κ1) is 16.0. The molecule has 23 heavy (non-hydrogen) atoms. The zero-order chi connectivity index (χ0) is 16.1. The molecule has 0 saturated heterocycles. The minimum Gasteiger partial charge on any atom is -0.391 e. The number of thiazole rings is 1. The van der Waals surface area contributed by atoms with E-state index in [0.29, 0.717) is 16.5 Å². The van der Waals surface area contributed by atoms with Crippen LogP contribution in [-0.2, 0) is 0 Å². The highest BCUT2D eigenvalue weighted by atomic mass is 32.1. The molecule has 7 heteroatoms. The smallest absolute Gasteiger partial charge is 0.271 e. The molecule has 1 aliphatic carbocycles. The molecule has 2 aromatic rings. The minimum absolute atomic E-state index is 0.194. The maximum absolute atomic E-state index is 12.4. The van der Waals surface area contributed by atoms with Crippen molar-refractivity contribution in [1.82, 2.24) is 20.3 Å². The first-order chi connectivity index (χ1) is 11.2. The van der Waals surface area contributed by atoms with Gasteiger partial charge in [0.25, 0.3) is 5.91 Å². The summed E-state index contributed by atoms with van der Waals surface area (Å²) in [6, 6.07) is 1.54. The van der Waals surface area contributed by atoms with E-state index in [4.69, 9.17) is 0 Å². The molecule has 1 saturated carbocycles. The summed E-state index contributed by atoms with van der Waals surface area (Å²) in [4.78, 5) is 25.0. The number of amides is 1. The van der Waals surface area contributed by atoms with Crippen molar-refractivity contribution in [3.63, 3.8) is 0 Å². The Balaban J connectivity index is 1.67. The van der Waals surface area contributed by atoms with Gasteiger partial charge in [-0.25, -0.2) is 15.0 Å². The van der Waals surface area contributed by atoms with E-state index in [9.17, 15) is 9.90 Å². The molecular formula is C16H20N4O2S. The van der Waals surface area contributed by atoms with Gasteiger partial charge in [0.1, 0.15) is 5.69 Å². The van der Waals surface area contributed by atoms with Crippen molar-refractivity contribution in [1.29, 1.82) is 0 Å². The van der Waals surface area contributed by atoms with Gasteiger partial charge in [0.2, 0.25) is 0 Å². The Morgan fingerprint density at radius 2 is 1.91 bits per heavy atom. The predicted molar refractivity (Wildman–Crippen MR) is 88.1 cm³/mol. The number of hydrogen-bond acceptors (Lipinski definition) is 6. The third-order valence-corrected chi connectivity index (χ3v) is 4.88. The van der Waals surface area contributed by atoms with E-state index in [1.54, 1.807) is 23.8 Å². The van der Waals surface area contributed by atoms with Crippen LogP contribution in [0.3, 0.4) is 0 Å². The largest absolute Gasteiger partial charge is 0.391 e. The first-order valence-corrected chi connectivity index (χ1v) is 8.84. The summed E-state index contributed by atoms with van der Waals surface area (Å²) in [6.07, 6.45) is 8.73. The van der Waals surface area contributed by atoms with Gasteiger partial charge in [0.15, 0.2) is 10.8 Å². The molecule has 0 bridgehead atoms. The second-order valence-corrected chi connectivity index (χ2v) is 6.61. The fourth-order valence-electron chi connectivity index (χ4n) is 2.77. The predicted octanol–water partition coefficient (Wildman–Crippen LogP) is 2.41. The summed E-state index contributed by atoms with van der Waals surface area (Å²) in [5, 5.41) is 15.5. The van der Waals surface area contributed by atoms with Crippen molar-refractivity contribution in [2.45, 2.75) is 50.7 Å². The third-order valence-electron chi connectivity index (χ3n) is 4.04. The Morgan fingerprint density at radius 1 is 1.17 bits per heavy atom. The Labute approximate surface area is 139 Å². The lowest BCUT2D eigenvalue weighted by molar-refractivity contribution is 0.0768. The van der Waals surface area contributed by atoms with Crippen LogP contribution in [0.15, 0.2) is 23.8 Å². The summed E-state index contributed by atoms with van der Waals surface area (Å²) < 4.78 is 0. The van der Waals surface area contributed by atoms with Crippen molar-refractivity contribution >= 4 is 17.2 Å². The molecule has 1 amide bonds. The number of carbonyl (C=O) groups is 1. The van der Waals surface area contributed by atoms with E-state index >= 15 is 0 Å². The topological polar surface area (TPSA) is 88.0 Å². The second-order valence-electron chi connectivity index (χ2n) is 5.75. The van der Waals surface area contributed by atoms with Gasteiger partial charge in [-0.15, -0.1) is 11.3 Å². The molecular weight excluding hydrogens is 312 g/mol. The van der Waals surface area contributed by atoms with Gasteiger partial charge in [-0.1, -0.05) is 25.7 Å². The van der Waals surface area contributed by atoms with E-state index in [1.165, 1.54) is 11.3 Å². The van der Waals surface area contributed by atoms with Gasteiger partial charge in [-0.3, -0.25) is 4.79 Å². The Hall–Kier alpha value is -1.86. The van der Waals surface area contributed by atoms with Gasteiger partial charge >= 0.3 is 0 Å². The molecule has 0 aliphatic heterocycles. The molecule has 0 radical (unpaired) electrons. The van der Waals surface area contributed by atoms with Crippen LogP contribution >= 0.6 is 11.3 Å². The second kappa shape index (κ2) is 7.61. The molecule has 1 aliphatic rings. The lowest BCUT2D eigenvalue weighted by Crippen LogP contribution is -2.43. The van der Waals surface area contributed by atoms with Gasteiger partial charge in [-0.2, -0.15) is 0 Å². The quantitative estimate of drug-likeness (QED) is 0.901. The van der Waals surface area contributed by atoms with Gasteiger partial charge < -0.3 is 10.4 Å². The Kier molecular flexibility index (Phi) is 5.30. The van der Waals surface area contributed by atoms with E-state index < -0.39 is 6.10 Å². The number of aliphatic hydroxyl groups is 1. The highest BCUT2D eigenvalue weighted by Crippen LogP contribution is 2.21. The number of rotatable bonds is 3. The molecule has 0 unspecified atom stereocenters. The number of nitrogens with zero attached hydrogens (tertiary/aromatic N) is 3. The van der Waals surface area contributed by atoms with E-state index in [-0.39, 0.29) is 11.9 Å². The zero-order valence-corrected chi connectivity index (χ0v) is 13.6. The van der Waals surface area contributed by atoms with Crippen molar-refractivity contribution in [2.24, 2.45) is 0 Å². The number of aromatic nitrogens is 3. The van der Waals surface area contributed by atoms with Gasteiger partial charge in [0, 0.05) is 17.8 Å². The van der Waals surface area contributed by atoms with Crippen LogP contribution in [0.1, 0.15) is 49.0 Å². The zero-order valence-electron chi connectivity index (χ0n) is 12.8. The fourth-order valence-corrected chi connectivity index (χ4v) is 3.51. The maximum Gasteiger partial charge on any atom is 0.271 e. The number of carbonyl (C=O) groups excluding carboxylic acids is 1. The summed E-state index contributed by atoms with van der Waals surface area (Å²) >= 11 is 1.34. The standard InChI is InChI=1S/C16H20N4O2S/c21-13-7-4-2-1-3-6-11(13)19-15(22)12-10-23-16(20-12)14-17-8-5-9-18-14/h5,8-11,13,21H,1-4,6-7H2,(H,19,22)/t11-,13-/m0/s1. The van der Waals surface area contributed by atoms with Crippen molar-refractivity contribution in [3.05, 3.63) is 29.5 Å². The lowest BCUT2D eigenvalue weighted by atomic mass is 9.94. The molecule has 0 aromatic carbocycles. The van der Waals surface area contributed by atoms with Crippen LogP contribution in [0.2, 0.25) is 0 Å². The van der Waals surface area contributed by atoms with Crippen molar-refractivity contribution < 1.29 is 9.90 Å². The van der Waals surface area contributed by atoms with Crippen LogP contribution < -0.4 is 5.32 Å². The van der Waals surface area contributed by atoms with Crippen LogP contribution in [0.5, 0.6) is 0 Å². The van der Waals surface area contributed by atoms with Crippen LogP contribution in [0.4, 0.5) is 0 Å². The maximum atomic E-state index is 12.4. The molecule has 2 heterocycles. The number of hydrogen-bond donors (Lipinski definition) is 2. The number of aliphatic hydroxyl groups excluding tert-OH is 1. The van der Waals surface area contributed by atoms with Crippen molar-refractivity contribution in [2.75, 3.05) is 0 Å². The highest BCUT2D eigenvalue weighted by Gasteiger charge is 2.24. The fraction of sp³-hybridized carbons (Fsp3) is 0.500. The Morgan fingerprint density at radius 3 is 2.70 bits per heavy atom. The average molecular weight is 332 g/mol. The lowest BCUT2D eigenvalue weighted by Gasteiger charge is -2.26. The van der Waals surface area contributed by atoms with E-state index in [0.717, 1.165) is 38.5 Å².